The maximum atomic E-state index is 12.0. The summed E-state index contributed by atoms with van der Waals surface area (Å²) in [5.74, 6) is -0.185. The molecule has 108 valence electrons. The Morgan fingerprint density at radius 3 is 2.65 bits per heavy atom. The quantitative estimate of drug-likeness (QED) is 0.625. The van der Waals surface area contributed by atoms with Crippen molar-refractivity contribution in [1.82, 2.24) is 0 Å². The minimum atomic E-state index is -0.400. The zero-order valence-corrected chi connectivity index (χ0v) is 11.8. The van der Waals surface area contributed by atoms with Gasteiger partial charge in [0.2, 0.25) is 0 Å². The predicted octanol–water partition coefficient (Wildman–Crippen LogP) is 3.35. The van der Waals surface area contributed by atoms with Gasteiger partial charge < -0.3 is 9.47 Å². The number of ether oxygens (including phenoxy) is 2. The van der Waals surface area contributed by atoms with Gasteiger partial charge in [-0.05, 0) is 38.0 Å². The first kappa shape index (κ1) is 14.6. The number of rotatable bonds is 4. The number of hydrogen-bond donors (Lipinski definition) is 0. The van der Waals surface area contributed by atoms with Crippen LogP contribution in [-0.2, 0) is 9.53 Å². The summed E-state index contributed by atoms with van der Waals surface area (Å²) in [6, 6.07) is 6.58. The lowest BCUT2D eigenvalue weighted by atomic mass is 9.89. The SMILES string of the molecule is CCOC(=O)c1cccc(OC(=O)C2CCCCC2)c1. The van der Waals surface area contributed by atoms with Gasteiger partial charge >= 0.3 is 11.9 Å². The van der Waals surface area contributed by atoms with Crippen molar-refractivity contribution in [1.29, 1.82) is 0 Å². The van der Waals surface area contributed by atoms with Gasteiger partial charge in [-0.15, -0.1) is 0 Å². The molecule has 0 bridgehead atoms. The highest BCUT2D eigenvalue weighted by Gasteiger charge is 2.23. The highest BCUT2D eigenvalue weighted by molar-refractivity contribution is 5.90. The zero-order valence-electron chi connectivity index (χ0n) is 11.8. The summed E-state index contributed by atoms with van der Waals surface area (Å²) in [5.41, 5.74) is 0.404. The zero-order chi connectivity index (χ0) is 14.4. The van der Waals surface area contributed by atoms with E-state index < -0.39 is 5.97 Å². The molecule has 0 spiro atoms. The summed E-state index contributed by atoms with van der Waals surface area (Å²) in [5, 5.41) is 0. The average molecular weight is 276 g/mol. The summed E-state index contributed by atoms with van der Waals surface area (Å²) < 4.78 is 10.3. The molecule has 1 fully saturated rings. The highest BCUT2D eigenvalue weighted by atomic mass is 16.5. The monoisotopic (exact) mass is 276 g/mol. The normalized spacial score (nSPS) is 15.7. The second kappa shape index (κ2) is 7.08. The van der Waals surface area contributed by atoms with Crippen molar-refractivity contribution in [3.63, 3.8) is 0 Å². The molecule has 0 unspecified atom stereocenters. The standard InChI is InChI=1S/C16H20O4/c1-2-19-15(17)13-9-6-10-14(11-13)20-16(18)12-7-4-3-5-8-12/h6,9-12H,2-5,7-8H2,1H3. The number of carbonyl (C=O) groups is 2. The molecule has 1 aliphatic carbocycles. The van der Waals surface area contributed by atoms with Gasteiger partial charge in [0.05, 0.1) is 18.1 Å². The van der Waals surface area contributed by atoms with Crippen LogP contribution in [0.25, 0.3) is 0 Å². The Labute approximate surface area is 119 Å². The second-order valence-corrected chi connectivity index (χ2v) is 5.00. The highest BCUT2D eigenvalue weighted by Crippen LogP contribution is 2.25. The molecule has 0 aromatic heterocycles. The molecule has 0 atom stereocenters. The van der Waals surface area contributed by atoms with Crippen LogP contribution in [0.4, 0.5) is 0 Å². The first-order valence-corrected chi connectivity index (χ1v) is 7.19. The number of carbonyl (C=O) groups excluding carboxylic acids is 2. The van der Waals surface area contributed by atoms with E-state index in [0.717, 1.165) is 25.7 Å². The van der Waals surface area contributed by atoms with Crippen LogP contribution in [0.2, 0.25) is 0 Å². The van der Waals surface area contributed by atoms with Crippen molar-refractivity contribution in [3.05, 3.63) is 29.8 Å². The summed E-state index contributed by atoms with van der Waals surface area (Å²) in [7, 11) is 0. The molecule has 4 heteroatoms. The van der Waals surface area contributed by atoms with Crippen molar-refractivity contribution in [2.75, 3.05) is 6.61 Å². The van der Waals surface area contributed by atoms with Crippen LogP contribution < -0.4 is 4.74 Å². The lowest BCUT2D eigenvalue weighted by molar-refractivity contribution is -0.140. The number of benzene rings is 1. The third-order valence-electron chi connectivity index (χ3n) is 3.50. The first-order valence-electron chi connectivity index (χ1n) is 7.19. The third-order valence-corrected chi connectivity index (χ3v) is 3.50. The Hall–Kier alpha value is -1.84. The van der Waals surface area contributed by atoms with E-state index >= 15 is 0 Å². The summed E-state index contributed by atoms with van der Waals surface area (Å²) in [6.45, 7) is 2.08. The molecule has 2 rings (SSSR count). The van der Waals surface area contributed by atoms with E-state index in [2.05, 4.69) is 0 Å². The Balaban J connectivity index is 2.00. The Morgan fingerprint density at radius 2 is 1.95 bits per heavy atom. The van der Waals surface area contributed by atoms with Crippen LogP contribution in [0.5, 0.6) is 5.75 Å². The first-order chi connectivity index (χ1) is 9.70. The van der Waals surface area contributed by atoms with Crippen LogP contribution in [0, 0.1) is 5.92 Å². The molecule has 4 nitrogen and oxygen atoms in total. The topological polar surface area (TPSA) is 52.6 Å². The van der Waals surface area contributed by atoms with Crippen LogP contribution in [0.3, 0.4) is 0 Å². The number of esters is 2. The minimum absolute atomic E-state index is 0.00463. The lowest BCUT2D eigenvalue weighted by Gasteiger charge is -2.19. The molecule has 0 heterocycles. The molecule has 1 aliphatic rings. The van der Waals surface area contributed by atoms with Gasteiger partial charge in [0.15, 0.2) is 0 Å². The summed E-state index contributed by atoms with van der Waals surface area (Å²) in [6.07, 6.45) is 5.17. The Kier molecular flexibility index (Phi) is 5.16. The van der Waals surface area contributed by atoms with E-state index in [1.807, 2.05) is 0 Å². The van der Waals surface area contributed by atoms with Gasteiger partial charge in [0.1, 0.15) is 5.75 Å². The summed E-state index contributed by atoms with van der Waals surface area (Å²) in [4.78, 5) is 23.7. The Bertz CT molecular complexity index is 475. The Morgan fingerprint density at radius 1 is 1.20 bits per heavy atom. The fraction of sp³-hybridized carbons (Fsp3) is 0.500. The molecular weight excluding hydrogens is 256 g/mol. The van der Waals surface area contributed by atoms with Gasteiger partial charge in [-0.25, -0.2) is 4.79 Å². The van der Waals surface area contributed by atoms with Crippen molar-refractivity contribution in [3.8, 4) is 5.75 Å². The van der Waals surface area contributed by atoms with Gasteiger partial charge in [0.25, 0.3) is 0 Å². The van der Waals surface area contributed by atoms with E-state index in [-0.39, 0.29) is 11.9 Å². The van der Waals surface area contributed by atoms with Gasteiger partial charge in [-0.1, -0.05) is 25.3 Å². The lowest BCUT2D eigenvalue weighted by Crippen LogP contribution is -2.22. The van der Waals surface area contributed by atoms with E-state index in [1.54, 1.807) is 31.2 Å². The van der Waals surface area contributed by atoms with Gasteiger partial charge in [0, 0.05) is 0 Å². The molecule has 0 amide bonds. The number of hydrogen-bond acceptors (Lipinski definition) is 4. The largest absolute Gasteiger partial charge is 0.462 e. The van der Waals surface area contributed by atoms with E-state index in [1.165, 1.54) is 6.42 Å². The van der Waals surface area contributed by atoms with E-state index in [9.17, 15) is 9.59 Å². The van der Waals surface area contributed by atoms with E-state index in [4.69, 9.17) is 9.47 Å². The van der Waals surface area contributed by atoms with Crippen LogP contribution in [0.1, 0.15) is 49.4 Å². The predicted molar refractivity (Wildman–Crippen MR) is 74.6 cm³/mol. The molecule has 20 heavy (non-hydrogen) atoms. The van der Waals surface area contributed by atoms with Crippen molar-refractivity contribution in [2.45, 2.75) is 39.0 Å². The molecular formula is C16H20O4. The maximum absolute atomic E-state index is 12.0. The molecule has 1 aromatic rings. The molecule has 0 radical (unpaired) electrons. The van der Waals surface area contributed by atoms with E-state index in [0.29, 0.717) is 17.9 Å². The summed E-state index contributed by atoms with van der Waals surface area (Å²) >= 11 is 0. The third kappa shape index (κ3) is 3.83. The smallest absolute Gasteiger partial charge is 0.338 e. The fourth-order valence-electron chi connectivity index (χ4n) is 2.44. The molecule has 0 N–H and O–H groups in total. The fourth-order valence-corrected chi connectivity index (χ4v) is 2.44. The van der Waals surface area contributed by atoms with Crippen molar-refractivity contribution in [2.24, 2.45) is 5.92 Å². The maximum Gasteiger partial charge on any atom is 0.338 e. The van der Waals surface area contributed by atoms with Gasteiger partial charge in [-0.2, -0.15) is 0 Å². The molecule has 0 aliphatic heterocycles. The minimum Gasteiger partial charge on any atom is -0.462 e. The second-order valence-electron chi connectivity index (χ2n) is 5.00. The molecule has 1 aromatic carbocycles. The molecule has 1 saturated carbocycles. The average Bonchev–Trinajstić information content (AvgIpc) is 2.48. The van der Waals surface area contributed by atoms with Crippen LogP contribution >= 0.6 is 0 Å². The molecule has 0 saturated heterocycles. The van der Waals surface area contributed by atoms with Crippen molar-refractivity contribution < 1.29 is 19.1 Å². The van der Waals surface area contributed by atoms with Gasteiger partial charge in [-0.3, -0.25) is 4.79 Å². The van der Waals surface area contributed by atoms with Crippen molar-refractivity contribution >= 4 is 11.9 Å². The van der Waals surface area contributed by atoms with Crippen LogP contribution in [-0.4, -0.2) is 18.5 Å². The van der Waals surface area contributed by atoms with Crippen LogP contribution in [0.15, 0.2) is 24.3 Å².